The van der Waals surface area contributed by atoms with E-state index < -0.39 is 5.60 Å². The maximum atomic E-state index is 12.4. The van der Waals surface area contributed by atoms with E-state index >= 15 is 0 Å². The molecule has 5 nitrogen and oxygen atoms in total. The Kier molecular flexibility index (Phi) is 5.42. The summed E-state index contributed by atoms with van der Waals surface area (Å²) in [5, 5.41) is 9.83. The molecule has 1 fully saturated rings. The summed E-state index contributed by atoms with van der Waals surface area (Å²) >= 11 is 0. The van der Waals surface area contributed by atoms with Gasteiger partial charge < -0.3 is 14.9 Å². The summed E-state index contributed by atoms with van der Waals surface area (Å²) in [6, 6.07) is 9.23. The van der Waals surface area contributed by atoms with Crippen LogP contribution in [0.4, 0.5) is 0 Å². The number of rotatable bonds is 4. The smallest absolute Gasteiger partial charge is 0.253 e. The summed E-state index contributed by atoms with van der Waals surface area (Å²) < 4.78 is 0. The summed E-state index contributed by atoms with van der Waals surface area (Å²) in [6.07, 6.45) is 1.35. The number of aliphatic hydroxyl groups is 1. The van der Waals surface area contributed by atoms with Gasteiger partial charge in [-0.1, -0.05) is 18.2 Å². The number of amides is 2. The van der Waals surface area contributed by atoms with Crippen molar-refractivity contribution < 1.29 is 14.7 Å². The van der Waals surface area contributed by atoms with Crippen LogP contribution in [-0.4, -0.2) is 59.0 Å². The average molecular weight is 318 g/mol. The van der Waals surface area contributed by atoms with Crippen molar-refractivity contribution >= 4 is 11.8 Å². The van der Waals surface area contributed by atoms with Gasteiger partial charge in [0.05, 0.1) is 5.60 Å². The normalized spacial score (nSPS) is 16.3. The van der Waals surface area contributed by atoms with Crippen LogP contribution >= 0.6 is 0 Å². The minimum absolute atomic E-state index is 0.0290. The highest BCUT2D eigenvalue weighted by Gasteiger charge is 2.30. The van der Waals surface area contributed by atoms with Crippen LogP contribution in [0.5, 0.6) is 0 Å². The van der Waals surface area contributed by atoms with E-state index in [4.69, 9.17) is 0 Å². The highest BCUT2D eigenvalue weighted by atomic mass is 16.3. The second-order valence-electron chi connectivity index (χ2n) is 6.94. The van der Waals surface area contributed by atoms with Gasteiger partial charge in [-0.2, -0.15) is 0 Å². The number of likely N-dealkylation sites (tertiary alicyclic amines) is 1. The lowest BCUT2D eigenvalue weighted by molar-refractivity contribution is -0.138. The molecule has 2 rings (SSSR count). The van der Waals surface area contributed by atoms with Crippen LogP contribution < -0.4 is 0 Å². The third-order valence-corrected chi connectivity index (χ3v) is 4.15. The Morgan fingerprint density at radius 1 is 1.22 bits per heavy atom. The second kappa shape index (κ2) is 7.13. The molecule has 2 amide bonds. The minimum atomic E-state index is -0.894. The fourth-order valence-electron chi connectivity index (χ4n) is 3.06. The lowest BCUT2D eigenvalue weighted by Gasteiger charge is -2.34. The Morgan fingerprint density at radius 2 is 1.78 bits per heavy atom. The Bertz CT molecular complexity index is 543. The summed E-state index contributed by atoms with van der Waals surface area (Å²) in [7, 11) is 1.72. The molecule has 0 radical (unpaired) electrons. The molecule has 1 N–H and O–H groups in total. The third kappa shape index (κ3) is 4.79. The molecule has 0 saturated carbocycles. The lowest BCUT2D eigenvalue weighted by Crippen LogP contribution is -2.46. The monoisotopic (exact) mass is 318 g/mol. The molecule has 1 aliphatic heterocycles. The summed E-state index contributed by atoms with van der Waals surface area (Å²) in [5.41, 5.74) is -0.203. The Balaban J connectivity index is 1.88. The van der Waals surface area contributed by atoms with Gasteiger partial charge >= 0.3 is 0 Å². The van der Waals surface area contributed by atoms with E-state index in [1.54, 1.807) is 25.8 Å². The number of hydrogen-bond donors (Lipinski definition) is 1. The molecule has 126 valence electrons. The molecule has 1 heterocycles. The van der Waals surface area contributed by atoms with Crippen molar-refractivity contribution in [1.82, 2.24) is 9.80 Å². The highest BCUT2D eigenvalue weighted by Crippen LogP contribution is 2.21. The lowest BCUT2D eigenvalue weighted by atomic mass is 9.94. The standard InChI is InChI=1S/C18H26N2O3/c1-18(2,23)13-19(3)16(21)15-9-11-20(12-10-15)17(22)14-7-5-4-6-8-14/h4-8,15,23H,9-13H2,1-3H3. The molecule has 0 unspecified atom stereocenters. The number of carbonyl (C=O) groups excluding carboxylic acids is 2. The van der Waals surface area contributed by atoms with Crippen LogP contribution in [-0.2, 0) is 4.79 Å². The molecule has 1 aromatic rings. The first-order chi connectivity index (χ1) is 10.8. The summed E-state index contributed by atoms with van der Waals surface area (Å²) in [4.78, 5) is 28.2. The van der Waals surface area contributed by atoms with Crippen molar-refractivity contribution in [3.8, 4) is 0 Å². The van der Waals surface area contributed by atoms with Crippen LogP contribution in [0.1, 0.15) is 37.0 Å². The van der Waals surface area contributed by atoms with E-state index in [0.717, 1.165) is 0 Å². The topological polar surface area (TPSA) is 60.9 Å². The largest absolute Gasteiger partial charge is 0.389 e. The first kappa shape index (κ1) is 17.5. The summed E-state index contributed by atoms with van der Waals surface area (Å²) in [6.45, 7) is 4.89. The van der Waals surface area contributed by atoms with Gasteiger partial charge in [0.25, 0.3) is 5.91 Å². The van der Waals surface area contributed by atoms with Crippen molar-refractivity contribution in [3.05, 3.63) is 35.9 Å². The number of nitrogens with zero attached hydrogens (tertiary/aromatic N) is 2. The number of hydrogen-bond acceptors (Lipinski definition) is 3. The van der Waals surface area contributed by atoms with Gasteiger partial charge in [0.2, 0.25) is 5.91 Å². The van der Waals surface area contributed by atoms with Gasteiger partial charge in [-0.25, -0.2) is 0 Å². The van der Waals surface area contributed by atoms with Gasteiger partial charge in [-0.05, 0) is 38.8 Å². The molecular formula is C18H26N2O3. The predicted octanol–water partition coefficient (Wildman–Crippen LogP) is 1.77. The SMILES string of the molecule is CN(CC(C)(C)O)C(=O)C1CCN(C(=O)c2ccccc2)CC1. The Hall–Kier alpha value is -1.88. The minimum Gasteiger partial charge on any atom is -0.389 e. The van der Waals surface area contributed by atoms with E-state index in [9.17, 15) is 14.7 Å². The predicted molar refractivity (Wildman–Crippen MR) is 89.0 cm³/mol. The zero-order chi connectivity index (χ0) is 17.0. The zero-order valence-electron chi connectivity index (χ0n) is 14.2. The molecule has 1 aliphatic rings. The molecule has 0 atom stereocenters. The van der Waals surface area contributed by atoms with Crippen LogP contribution in [0, 0.1) is 5.92 Å². The maximum absolute atomic E-state index is 12.4. The first-order valence-electron chi connectivity index (χ1n) is 8.09. The first-order valence-corrected chi connectivity index (χ1v) is 8.09. The molecule has 0 aliphatic carbocycles. The van der Waals surface area contributed by atoms with Crippen LogP contribution in [0.15, 0.2) is 30.3 Å². The van der Waals surface area contributed by atoms with Crippen molar-refractivity contribution in [2.75, 3.05) is 26.7 Å². The Labute approximate surface area is 137 Å². The molecule has 23 heavy (non-hydrogen) atoms. The molecule has 5 heteroatoms. The zero-order valence-corrected chi connectivity index (χ0v) is 14.2. The van der Waals surface area contributed by atoms with E-state index in [1.165, 1.54) is 0 Å². The molecular weight excluding hydrogens is 292 g/mol. The van der Waals surface area contributed by atoms with Gasteiger partial charge in [-0.3, -0.25) is 9.59 Å². The summed E-state index contributed by atoms with van der Waals surface area (Å²) in [5.74, 6) is 0.0162. The number of likely N-dealkylation sites (N-methyl/N-ethyl adjacent to an activating group) is 1. The van der Waals surface area contributed by atoms with Gasteiger partial charge in [0.1, 0.15) is 0 Å². The van der Waals surface area contributed by atoms with Gasteiger partial charge in [-0.15, -0.1) is 0 Å². The van der Waals surface area contributed by atoms with E-state index in [2.05, 4.69) is 0 Å². The molecule has 1 aromatic carbocycles. The number of benzene rings is 1. The van der Waals surface area contributed by atoms with Gasteiger partial charge in [0, 0.05) is 38.2 Å². The van der Waals surface area contributed by atoms with Crippen molar-refractivity contribution in [2.45, 2.75) is 32.3 Å². The highest BCUT2D eigenvalue weighted by molar-refractivity contribution is 5.94. The number of piperidine rings is 1. The third-order valence-electron chi connectivity index (χ3n) is 4.15. The van der Waals surface area contributed by atoms with Crippen molar-refractivity contribution in [3.63, 3.8) is 0 Å². The van der Waals surface area contributed by atoms with Crippen molar-refractivity contribution in [1.29, 1.82) is 0 Å². The fraction of sp³-hybridized carbons (Fsp3) is 0.556. The van der Waals surface area contributed by atoms with E-state index in [0.29, 0.717) is 38.0 Å². The Morgan fingerprint density at radius 3 is 2.30 bits per heavy atom. The number of carbonyl (C=O) groups is 2. The molecule has 0 spiro atoms. The molecule has 1 saturated heterocycles. The quantitative estimate of drug-likeness (QED) is 0.920. The van der Waals surface area contributed by atoms with Crippen molar-refractivity contribution in [2.24, 2.45) is 5.92 Å². The van der Waals surface area contributed by atoms with Crippen LogP contribution in [0.2, 0.25) is 0 Å². The maximum Gasteiger partial charge on any atom is 0.253 e. The van der Waals surface area contributed by atoms with E-state index in [-0.39, 0.29) is 17.7 Å². The fourth-order valence-corrected chi connectivity index (χ4v) is 3.06. The molecule has 0 aromatic heterocycles. The van der Waals surface area contributed by atoms with E-state index in [1.807, 2.05) is 35.2 Å². The average Bonchev–Trinajstić information content (AvgIpc) is 2.53. The van der Waals surface area contributed by atoms with Crippen LogP contribution in [0.3, 0.4) is 0 Å². The van der Waals surface area contributed by atoms with Gasteiger partial charge in [0.15, 0.2) is 0 Å². The van der Waals surface area contributed by atoms with Crippen LogP contribution in [0.25, 0.3) is 0 Å². The molecule has 0 bridgehead atoms. The second-order valence-corrected chi connectivity index (χ2v) is 6.94.